The number of piperazine rings is 1. The van der Waals surface area contributed by atoms with Gasteiger partial charge in [-0.25, -0.2) is 4.99 Å². The van der Waals surface area contributed by atoms with E-state index in [0.29, 0.717) is 5.16 Å². The molecule has 4 nitrogen and oxygen atoms in total. The number of fused-ring (bicyclic) bond motifs is 1. The van der Waals surface area contributed by atoms with Crippen LogP contribution in [-0.4, -0.2) is 40.7 Å². The van der Waals surface area contributed by atoms with E-state index in [1.807, 2.05) is 14.0 Å². The molecule has 21 heavy (non-hydrogen) atoms. The lowest BCUT2D eigenvalue weighted by atomic mass is 10.0. The quantitative estimate of drug-likeness (QED) is 0.748. The van der Waals surface area contributed by atoms with Crippen LogP contribution >= 0.6 is 11.6 Å². The highest BCUT2D eigenvalue weighted by molar-refractivity contribution is 6.31. The zero-order valence-corrected chi connectivity index (χ0v) is 14.2. The van der Waals surface area contributed by atoms with E-state index in [9.17, 15) is 4.79 Å². The summed E-state index contributed by atoms with van der Waals surface area (Å²) in [6.45, 7) is 8.29. The van der Waals surface area contributed by atoms with E-state index in [1.165, 1.54) is 0 Å². The Kier molecular flexibility index (Phi) is 4.77. The molecule has 0 saturated carbocycles. The van der Waals surface area contributed by atoms with Crippen molar-refractivity contribution < 1.29 is 4.79 Å². The van der Waals surface area contributed by atoms with Gasteiger partial charge in [0.25, 0.3) is 0 Å². The van der Waals surface area contributed by atoms with Crippen molar-refractivity contribution in [3.8, 4) is 0 Å². The van der Waals surface area contributed by atoms with Gasteiger partial charge in [0.05, 0.1) is 5.70 Å². The minimum Gasteiger partial charge on any atom is -0.340 e. The minimum absolute atomic E-state index is 0.132. The summed E-state index contributed by atoms with van der Waals surface area (Å²) >= 11 is 6.38. The van der Waals surface area contributed by atoms with Crippen LogP contribution in [0.25, 0.3) is 0 Å². The molecule has 1 atom stereocenters. The Bertz CT molecular complexity index is 534. The molecule has 2 aliphatic heterocycles. The molecule has 1 unspecified atom stereocenters. The van der Waals surface area contributed by atoms with Gasteiger partial charge < -0.3 is 9.80 Å². The maximum atomic E-state index is 12.6. The summed E-state index contributed by atoms with van der Waals surface area (Å²) < 4.78 is 0. The number of carbonyl (C=O) groups is 1. The van der Waals surface area contributed by atoms with Gasteiger partial charge in [0.2, 0.25) is 5.91 Å². The van der Waals surface area contributed by atoms with Gasteiger partial charge in [-0.05, 0) is 38.7 Å². The molecule has 0 aliphatic carbocycles. The number of hydrogen-bond donors (Lipinski definition) is 0. The van der Waals surface area contributed by atoms with E-state index < -0.39 is 0 Å². The Morgan fingerprint density at radius 2 is 2.10 bits per heavy atom. The highest BCUT2D eigenvalue weighted by Crippen LogP contribution is 2.31. The molecule has 116 valence electrons. The first kappa shape index (κ1) is 16.1. The van der Waals surface area contributed by atoms with Crippen molar-refractivity contribution in [2.24, 2.45) is 4.99 Å². The first-order valence-electron chi connectivity index (χ1n) is 7.64. The number of allylic oxidation sites excluding steroid dienone is 2. The molecule has 0 aromatic rings. The molecular formula is C16H24ClN3O. The molecule has 5 heteroatoms. The number of aliphatic imine (C=N–C) groups is 1. The zero-order chi connectivity index (χ0) is 15.7. The van der Waals surface area contributed by atoms with Crippen molar-refractivity contribution in [3.63, 3.8) is 0 Å². The third-order valence-corrected chi connectivity index (χ3v) is 4.55. The predicted molar refractivity (Wildman–Crippen MR) is 87.1 cm³/mol. The van der Waals surface area contributed by atoms with Gasteiger partial charge in [0.15, 0.2) is 5.84 Å². The molecule has 1 amide bonds. The molecule has 2 heterocycles. The second-order valence-corrected chi connectivity index (χ2v) is 6.16. The molecule has 2 aliphatic rings. The van der Waals surface area contributed by atoms with Crippen LogP contribution in [0.15, 0.2) is 27.5 Å². The molecule has 0 bridgehead atoms. The number of amides is 1. The third-order valence-electron chi connectivity index (χ3n) is 4.19. The van der Waals surface area contributed by atoms with E-state index in [2.05, 4.69) is 36.7 Å². The lowest BCUT2D eigenvalue weighted by Crippen LogP contribution is -2.59. The fraction of sp³-hybridized carbons (Fsp3) is 0.625. The fourth-order valence-corrected chi connectivity index (χ4v) is 3.27. The standard InChI is InChI=1S/C16H24ClN3O/c1-6-11-8-9-13-15(18-14(11)17)20(10(3)4)12(7-2)16(21)19(13)5/h9-10,12H,6-8H2,1-5H3. The smallest absolute Gasteiger partial charge is 0.249 e. The molecule has 0 aromatic carbocycles. The summed E-state index contributed by atoms with van der Waals surface area (Å²) in [5.41, 5.74) is 1.99. The molecule has 0 spiro atoms. The van der Waals surface area contributed by atoms with Crippen molar-refractivity contribution in [1.82, 2.24) is 9.80 Å². The van der Waals surface area contributed by atoms with Crippen LogP contribution < -0.4 is 0 Å². The number of nitrogens with zero attached hydrogens (tertiary/aromatic N) is 3. The van der Waals surface area contributed by atoms with Crippen molar-refractivity contribution >= 4 is 23.3 Å². The van der Waals surface area contributed by atoms with Gasteiger partial charge in [-0.1, -0.05) is 31.5 Å². The highest BCUT2D eigenvalue weighted by atomic mass is 35.5. The van der Waals surface area contributed by atoms with E-state index in [-0.39, 0.29) is 18.0 Å². The minimum atomic E-state index is -0.168. The van der Waals surface area contributed by atoms with Crippen molar-refractivity contribution in [2.75, 3.05) is 7.05 Å². The number of likely N-dealkylation sites (N-methyl/N-ethyl adjacent to an activating group) is 1. The van der Waals surface area contributed by atoms with Crippen molar-refractivity contribution in [1.29, 1.82) is 0 Å². The molecule has 1 fully saturated rings. The summed E-state index contributed by atoms with van der Waals surface area (Å²) in [5, 5.41) is 0.571. The highest BCUT2D eigenvalue weighted by Gasteiger charge is 2.40. The SMILES string of the molecule is CCC1=C(Cl)N=C2C(=CC1)N(C)C(=O)C(CC)N2C(C)C. The second-order valence-electron chi connectivity index (χ2n) is 5.80. The van der Waals surface area contributed by atoms with Crippen molar-refractivity contribution in [3.05, 3.63) is 22.5 Å². The summed E-state index contributed by atoms with van der Waals surface area (Å²) in [6, 6.07) is 0.0286. The Morgan fingerprint density at radius 1 is 1.43 bits per heavy atom. The lowest BCUT2D eigenvalue weighted by Gasteiger charge is -2.44. The predicted octanol–water partition coefficient (Wildman–Crippen LogP) is 3.49. The Morgan fingerprint density at radius 3 is 2.62 bits per heavy atom. The Balaban J connectivity index is 2.58. The number of rotatable bonds is 3. The number of hydrogen-bond acceptors (Lipinski definition) is 3. The van der Waals surface area contributed by atoms with Crippen molar-refractivity contribution in [2.45, 2.75) is 59.0 Å². The van der Waals surface area contributed by atoms with Crippen LogP contribution in [0.2, 0.25) is 0 Å². The summed E-state index contributed by atoms with van der Waals surface area (Å²) in [4.78, 5) is 21.1. The van der Waals surface area contributed by atoms with Gasteiger partial charge in [-0.2, -0.15) is 0 Å². The van der Waals surface area contributed by atoms with Crippen LogP contribution in [0.3, 0.4) is 0 Å². The van der Waals surface area contributed by atoms with E-state index in [0.717, 1.165) is 36.4 Å². The molecule has 0 N–H and O–H groups in total. The average Bonchev–Trinajstić information content (AvgIpc) is 2.60. The fourth-order valence-electron chi connectivity index (χ4n) is 2.98. The van der Waals surface area contributed by atoms with Gasteiger partial charge in [-0.15, -0.1) is 0 Å². The molecule has 2 rings (SSSR count). The van der Waals surface area contributed by atoms with Crippen LogP contribution in [-0.2, 0) is 4.79 Å². The van der Waals surface area contributed by atoms with Crippen LogP contribution in [0, 0.1) is 0 Å². The summed E-state index contributed by atoms with van der Waals surface area (Å²) in [5.74, 6) is 0.958. The van der Waals surface area contributed by atoms with Gasteiger partial charge in [0.1, 0.15) is 11.2 Å². The van der Waals surface area contributed by atoms with Gasteiger partial charge in [0, 0.05) is 13.1 Å². The largest absolute Gasteiger partial charge is 0.340 e. The zero-order valence-electron chi connectivity index (χ0n) is 13.5. The van der Waals surface area contributed by atoms with E-state index in [1.54, 1.807) is 4.90 Å². The summed E-state index contributed by atoms with van der Waals surface area (Å²) in [7, 11) is 1.83. The number of carbonyl (C=O) groups excluding carboxylic acids is 1. The van der Waals surface area contributed by atoms with Crippen LogP contribution in [0.1, 0.15) is 47.0 Å². The monoisotopic (exact) mass is 309 g/mol. The molecule has 1 saturated heterocycles. The lowest BCUT2D eigenvalue weighted by molar-refractivity contribution is -0.134. The first-order valence-corrected chi connectivity index (χ1v) is 8.02. The first-order chi connectivity index (χ1) is 9.92. The van der Waals surface area contributed by atoms with Crippen LogP contribution in [0.4, 0.5) is 0 Å². The second kappa shape index (κ2) is 6.22. The van der Waals surface area contributed by atoms with E-state index in [4.69, 9.17) is 11.6 Å². The molecular weight excluding hydrogens is 286 g/mol. The molecule has 0 aromatic heterocycles. The number of amidine groups is 1. The normalized spacial score (nSPS) is 23.2. The third kappa shape index (κ3) is 2.73. The Labute approximate surface area is 132 Å². The van der Waals surface area contributed by atoms with E-state index >= 15 is 0 Å². The maximum Gasteiger partial charge on any atom is 0.249 e. The van der Waals surface area contributed by atoms with Crippen LogP contribution in [0.5, 0.6) is 0 Å². The topological polar surface area (TPSA) is 35.9 Å². The van der Waals surface area contributed by atoms with Gasteiger partial charge in [-0.3, -0.25) is 4.79 Å². The van der Waals surface area contributed by atoms with Gasteiger partial charge >= 0.3 is 0 Å². The summed E-state index contributed by atoms with van der Waals surface area (Å²) in [6.07, 6.45) is 4.45. The maximum absolute atomic E-state index is 12.6. The molecule has 0 radical (unpaired) electrons. The number of halogens is 1. The Hall–Kier alpha value is -1.29. The average molecular weight is 310 g/mol.